The Balaban J connectivity index is 1.51. The number of hydrogen-bond donors (Lipinski definition) is 0. The van der Waals surface area contributed by atoms with Crippen LogP contribution in [0.5, 0.6) is 0 Å². The van der Waals surface area contributed by atoms with E-state index in [-0.39, 0.29) is 12.0 Å². The van der Waals surface area contributed by atoms with E-state index in [4.69, 9.17) is 4.74 Å². The molecule has 0 bridgehead atoms. The van der Waals surface area contributed by atoms with Crippen LogP contribution in [0.25, 0.3) is 11.2 Å². The molecule has 0 saturated carbocycles. The van der Waals surface area contributed by atoms with E-state index in [1.807, 2.05) is 0 Å². The van der Waals surface area contributed by atoms with Gasteiger partial charge in [0.1, 0.15) is 11.1 Å². The van der Waals surface area contributed by atoms with Crippen LogP contribution in [0.1, 0.15) is 29.6 Å². The quantitative estimate of drug-likeness (QED) is 0.760. The van der Waals surface area contributed by atoms with Crippen molar-refractivity contribution in [1.29, 1.82) is 0 Å². The van der Waals surface area contributed by atoms with Gasteiger partial charge in [-0.3, -0.25) is 4.79 Å². The number of likely N-dealkylation sites (N-methyl/N-ethyl adjacent to an activating group) is 1. The highest BCUT2D eigenvalue weighted by molar-refractivity contribution is 5.96. The first-order valence-corrected chi connectivity index (χ1v) is 8.36. The van der Waals surface area contributed by atoms with E-state index in [9.17, 15) is 9.59 Å². The summed E-state index contributed by atoms with van der Waals surface area (Å²) >= 11 is 0. The zero-order chi connectivity index (χ0) is 17.6. The molecule has 132 valence electrons. The van der Waals surface area contributed by atoms with Gasteiger partial charge in [0.2, 0.25) is 0 Å². The van der Waals surface area contributed by atoms with Crippen LogP contribution in [-0.2, 0) is 11.8 Å². The number of amides is 2. The van der Waals surface area contributed by atoms with Gasteiger partial charge in [-0.05, 0) is 18.9 Å². The summed E-state index contributed by atoms with van der Waals surface area (Å²) < 4.78 is 7.17. The highest BCUT2D eigenvalue weighted by Crippen LogP contribution is 2.32. The number of likely N-dealkylation sites (tertiary alicyclic amines) is 1. The van der Waals surface area contributed by atoms with Gasteiger partial charge >= 0.3 is 6.09 Å². The van der Waals surface area contributed by atoms with Crippen molar-refractivity contribution in [3.8, 4) is 0 Å². The first-order chi connectivity index (χ1) is 12.0. The normalized spacial score (nSPS) is 24.0. The van der Waals surface area contributed by atoms with E-state index in [0.29, 0.717) is 42.8 Å². The monoisotopic (exact) mass is 344 g/mol. The highest BCUT2D eigenvalue weighted by atomic mass is 16.6. The van der Waals surface area contributed by atoms with E-state index < -0.39 is 5.60 Å². The molecule has 0 aromatic carbocycles. The Morgan fingerprint density at radius 2 is 2.12 bits per heavy atom. The van der Waals surface area contributed by atoms with Crippen LogP contribution in [0.3, 0.4) is 0 Å². The summed E-state index contributed by atoms with van der Waals surface area (Å²) in [4.78, 5) is 32.3. The maximum Gasteiger partial charge on any atom is 0.410 e. The summed E-state index contributed by atoms with van der Waals surface area (Å²) in [5.41, 5.74) is 1.29. The third-order valence-electron chi connectivity index (χ3n) is 5.01. The van der Waals surface area contributed by atoms with Crippen LogP contribution in [-0.4, -0.2) is 74.1 Å². The molecule has 2 aromatic heterocycles. The predicted molar refractivity (Wildman–Crippen MR) is 87.9 cm³/mol. The van der Waals surface area contributed by atoms with Gasteiger partial charge in [0.25, 0.3) is 5.91 Å². The number of aryl methyl sites for hydroxylation is 1. The zero-order valence-corrected chi connectivity index (χ0v) is 14.3. The molecule has 2 amide bonds. The summed E-state index contributed by atoms with van der Waals surface area (Å²) in [7, 11) is 3.50. The van der Waals surface area contributed by atoms with Crippen molar-refractivity contribution in [1.82, 2.24) is 29.8 Å². The smallest absolute Gasteiger partial charge is 0.410 e. The molecule has 9 heteroatoms. The fourth-order valence-corrected chi connectivity index (χ4v) is 3.65. The molecule has 2 fully saturated rings. The molecule has 2 aromatic rings. The van der Waals surface area contributed by atoms with E-state index in [2.05, 4.69) is 15.3 Å². The molecule has 0 aliphatic carbocycles. The molecule has 4 heterocycles. The van der Waals surface area contributed by atoms with Gasteiger partial charge in [-0.25, -0.2) is 14.5 Å². The largest absolute Gasteiger partial charge is 0.441 e. The van der Waals surface area contributed by atoms with Crippen LogP contribution in [0.2, 0.25) is 0 Å². The summed E-state index contributed by atoms with van der Waals surface area (Å²) in [6, 6.07) is 1.72. The maximum absolute atomic E-state index is 12.8. The molecule has 1 spiro atoms. The van der Waals surface area contributed by atoms with Gasteiger partial charge in [0.15, 0.2) is 5.65 Å². The number of carbonyl (C=O) groups excluding carboxylic acids is 2. The van der Waals surface area contributed by atoms with Gasteiger partial charge in [-0.15, -0.1) is 5.10 Å². The van der Waals surface area contributed by atoms with Gasteiger partial charge < -0.3 is 14.5 Å². The number of carbonyl (C=O) groups is 2. The molecule has 2 saturated heterocycles. The highest BCUT2D eigenvalue weighted by Gasteiger charge is 2.44. The van der Waals surface area contributed by atoms with Gasteiger partial charge in [-0.2, -0.15) is 0 Å². The number of ether oxygens (including phenoxy) is 1. The number of rotatable bonds is 1. The minimum atomic E-state index is -0.464. The van der Waals surface area contributed by atoms with Crippen molar-refractivity contribution in [2.24, 2.45) is 7.05 Å². The predicted octanol–water partition coefficient (Wildman–Crippen LogP) is 0.810. The Labute approximate surface area is 144 Å². The standard InChI is InChI=1S/C16H20N6O3/c1-20-10-16(25-15(20)24)4-3-6-22(7-5-16)14(23)11-8-12-13(17-9-11)21(2)19-18-12/h8-9H,3-7,10H2,1-2H3/t16-/m0/s1. The average molecular weight is 344 g/mol. The summed E-state index contributed by atoms with van der Waals surface area (Å²) in [6.07, 6.45) is 3.51. The van der Waals surface area contributed by atoms with Crippen molar-refractivity contribution in [3.63, 3.8) is 0 Å². The van der Waals surface area contributed by atoms with Crippen LogP contribution in [0, 0.1) is 0 Å². The lowest BCUT2D eigenvalue weighted by atomic mass is 9.95. The van der Waals surface area contributed by atoms with E-state index in [1.165, 1.54) is 0 Å². The third-order valence-corrected chi connectivity index (χ3v) is 5.01. The molecule has 0 unspecified atom stereocenters. The fraction of sp³-hybridized carbons (Fsp3) is 0.562. The molecular formula is C16H20N6O3. The van der Waals surface area contributed by atoms with Gasteiger partial charge in [0, 0.05) is 39.8 Å². The lowest BCUT2D eigenvalue weighted by molar-refractivity contribution is 0.0438. The molecule has 0 N–H and O–H groups in total. The Bertz CT molecular complexity index is 850. The van der Waals surface area contributed by atoms with Crippen LogP contribution < -0.4 is 0 Å². The minimum Gasteiger partial charge on any atom is -0.441 e. The van der Waals surface area contributed by atoms with Crippen molar-refractivity contribution in [3.05, 3.63) is 17.8 Å². The maximum atomic E-state index is 12.8. The molecular weight excluding hydrogens is 324 g/mol. The first kappa shape index (κ1) is 15.8. The van der Waals surface area contributed by atoms with Crippen LogP contribution >= 0.6 is 0 Å². The first-order valence-electron chi connectivity index (χ1n) is 8.36. The van der Waals surface area contributed by atoms with E-state index in [0.717, 1.165) is 12.8 Å². The number of aromatic nitrogens is 4. The number of fused-ring (bicyclic) bond motifs is 1. The van der Waals surface area contributed by atoms with Crippen molar-refractivity contribution < 1.29 is 14.3 Å². The SMILES string of the molecule is CN1C[C@@]2(CCCN(C(=O)c3cnc4c(c3)nnn4C)CC2)OC1=O. The molecule has 2 aliphatic rings. The topological polar surface area (TPSA) is 93.5 Å². The number of hydrogen-bond acceptors (Lipinski definition) is 6. The lowest BCUT2D eigenvalue weighted by Crippen LogP contribution is -2.36. The third kappa shape index (κ3) is 2.69. The number of pyridine rings is 1. The fourth-order valence-electron chi connectivity index (χ4n) is 3.65. The second-order valence-corrected chi connectivity index (χ2v) is 6.83. The molecule has 25 heavy (non-hydrogen) atoms. The van der Waals surface area contributed by atoms with Crippen molar-refractivity contribution >= 4 is 23.2 Å². The Hall–Kier alpha value is -2.71. The van der Waals surface area contributed by atoms with E-state index in [1.54, 1.807) is 40.8 Å². The van der Waals surface area contributed by atoms with Crippen LogP contribution in [0.15, 0.2) is 12.3 Å². The molecule has 1 atom stereocenters. The van der Waals surface area contributed by atoms with Crippen molar-refractivity contribution in [2.75, 3.05) is 26.7 Å². The average Bonchev–Trinajstić information content (AvgIpc) is 3.01. The molecule has 4 rings (SSSR count). The second kappa shape index (κ2) is 5.68. The Morgan fingerprint density at radius 1 is 1.28 bits per heavy atom. The summed E-state index contributed by atoms with van der Waals surface area (Å²) in [5.74, 6) is -0.0743. The second-order valence-electron chi connectivity index (χ2n) is 6.83. The summed E-state index contributed by atoms with van der Waals surface area (Å²) in [5, 5.41) is 7.93. The van der Waals surface area contributed by atoms with Gasteiger partial charge in [0.05, 0.1) is 12.1 Å². The Morgan fingerprint density at radius 3 is 2.88 bits per heavy atom. The zero-order valence-electron chi connectivity index (χ0n) is 14.3. The van der Waals surface area contributed by atoms with Crippen LogP contribution in [0.4, 0.5) is 4.79 Å². The molecule has 9 nitrogen and oxygen atoms in total. The minimum absolute atomic E-state index is 0.0743. The Kier molecular flexibility index (Phi) is 3.59. The molecule has 2 aliphatic heterocycles. The summed E-state index contributed by atoms with van der Waals surface area (Å²) in [6.45, 7) is 1.78. The van der Waals surface area contributed by atoms with Crippen molar-refractivity contribution in [2.45, 2.75) is 24.9 Å². The molecule has 0 radical (unpaired) electrons. The lowest BCUT2D eigenvalue weighted by Gasteiger charge is -2.25. The van der Waals surface area contributed by atoms with E-state index >= 15 is 0 Å². The van der Waals surface area contributed by atoms with Gasteiger partial charge in [-0.1, -0.05) is 5.21 Å². The number of nitrogens with zero attached hydrogens (tertiary/aromatic N) is 6.